The summed E-state index contributed by atoms with van der Waals surface area (Å²) in [6, 6.07) is 10.9. The first-order valence-electron chi connectivity index (χ1n) is 15.4. The van der Waals surface area contributed by atoms with E-state index in [-0.39, 0.29) is 59.2 Å². The van der Waals surface area contributed by atoms with Crippen molar-refractivity contribution in [2.45, 2.75) is 25.9 Å². The van der Waals surface area contributed by atoms with Crippen molar-refractivity contribution in [3.63, 3.8) is 0 Å². The van der Waals surface area contributed by atoms with Gasteiger partial charge in [0, 0.05) is 71.1 Å². The first-order valence-corrected chi connectivity index (χ1v) is 16.3. The molecule has 0 fully saturated rings. The molecule has 2 atom stereocenters. The zero-order valence-electron chi connectivity index (χ0n) is 26.8. The van der Waals surface area contributed by atoms with Gasteiger partial charge in [-0.2, -0.15) is 5.10 Å². The summed E-state index contributed by atoms with van der Waals surface area (Å²) in [7, 11) is 3.44. The van der Waals surface area contributed by atoms with E-state index in [2.05, 4.69) is 6.58 Å². The van der Waals surface area contributed by atoms with Crippen molar-refractivity contribution in [3.05, 3.63) is 89.8 Å². The number of hydrogen-bond donors (Lipinski definition) is 0. The zero-order valence-corrected chi connectivity index (χ0v) is 27.6. The van der Waals surface area contributed by atoms with Gasteiger partial charge in [-0.15, -0.1) is 11.3 Å². The summed E-state index contributed by atoms with van der Waals surface area (Å²) in [5, 5.41) is 7.46. The molecule has 48 heavy (non-hydrogen) atoms. The Labute approximate surface area is 278 Å². The molecule has 8 nitrogen and oxygen atoms in total. The van der Waals surface area contributed by atoms with E-state index >= 15 is 8.78 Å². The smallest absolute Gasteiger partial charge is 0.246 e. The predicted octanol–water partition coefficient (Wildman–Crippen LogP) is 8.08. The highest BCUT2D eigenvalue weighted by atomic mass is 32.1. The molecular weight excluding hydrogens is 639 g/mol. The van der Waals surface area contributed by atoms with Crippen LogP contribution in [0.3, 0.4) is 0 Å². The van der Waals surface area contributed by atoms with Crippen LogP contribution in [0.15, 0.2) is 66.7 Å². The molecule has 1 aliphatic heterocycles. The maximum atomic E-state index is 16.1. The van der Waals surface area contributed by atoms with Gasteiger partial charge in [-0.05, 0) is 44.2 Å². The number of carbonyl (C=O) groups excluding carboxylic acids is 1. The SMILES string of the molecule is C=CC(=O)N1C[C@H](C)n2nc(-c3nc(-c4ccc5c(ccn5C)c4)c4c(F)csc4c3-c3c(F)cc(F)cc3OCCOC)cc2[C@H]1C. The summed E-state index contributed by atoms with van der Waals surface area (Å²) in [5.41, 5.74) is 3.56. The average Bonchev–Trinajstić information content (AvgIpc) is 3.79. The number of halogens is 3. The molecule has 0 spiro atoms. The monoisotopic (exact) mass is 671 g/mol. The number of aryl methyl sites for hydroxylation is 1. The lowest BCUT2D eigenvalue weighted by Crippen LogP contribution is -2.42. The number of nitrogens with zero attached hydrogens (tertiary/aromatic N) is 5. The van der Waals surface area contributed by atoms with Gasteiger partial charge in [0.25, 0.3) is 0 Å². The summed E-state index contributed by atoms with van der Waals surface area (Å²) >= 11 is 1.10. The minimum absolute atomic E-state index is 0.0211. The Kier molecular flexibility index (Phi) is 8.08. The van der Waals surface area contributed by atoms with Crippen LogP contribution in [0.25, 0.3) is 54.8 Å². The van der Waals surface area contributed by atoms with Crippen molar-refractivity contribution in [1.82, 2.24) is 24.2 Å². The molecular formula is C36H32F3N5O3S. The van der Waals surface area contributed by atoms with Crippen LogP contribution >= 0.6 is 11.3 Å². The molecule has 0 aliphatic carbocycles. The normalized spacial score (nSPS) is 16.1. The lowest BCUT2D eigenvalue weighted by atomic mass is 9.96. The van der Waals surface area contributed by atoms with Crippen LogP contribution in [-0.4, -0.2) is 57.0 Å². The number of aromatic nitrogens is 4. The molecule has 0 N–H and O–H groups in total. The Morgan fingerprint density at radius 1 is 1.06 bits per heavy atom. The molecule has 0 radical (unpaired) electrons. The van der Waals surface area contributed by atoms with E-state index in [1.165, 1.54) is 18.6 Å². The minimum atomic E-state index is -0.896. The van der Waals surface area contributed by atoms with Crippen molar-refractivity contribution in [1.29, 1.82) is 0 Å². The number of methoxy groups -OCH3 is 1. The van der Waals surface area contributed by atoms with Crippen LogP contribution in [-0.2, 0) is 16.6 Å². The number of ether oxygens (including phenoxy) is 2. The van der Waals surface area contributed by atoms with Crippen LogP contribution in [0.5, 0.6) is 5.75 Å². The number of carbonyl (C=O) groups is 1. The number of pyridine rings is 1. The van der Waals surface area contributed by atoms with Gasteiger partial charge >= 0.3 is 0 Å². The Morgan fingerprint density at radius 3 is 2.65 bits per heavy atom. The first-order chi connectivity index (χ1) is 23.1. The van der Waals surface area contributed by atoms with Crippen LogP contribution in [0.1, 0.15) is 31.6 Å². The topological polar surface area (TPSA) is 74.4 Å². The molecule has 4 aromatic heterocycles. The molecule has 246 valence electrons. The third kappa shape index (κ3) is 5.15. The molecule has 12 heteroatoms. The molecule has 0 saturated carbocycles. The molecule has 6 aromatic rings. The molecule has 0 unspecified atom stereocenters. The summed E-state index contributed by atoms with van der Waals surface area (Å²) < 4.78 is 61.9. The van der Waals surface area contributed by atoms with Crippen LogP contribution in [0.2, 0.25) is 0 Å². The van der Waals surface area contributed by atoms with E-state index in [4.69, 9.17) is 19.6 Å². The lowest BCUT2D eigenvalue weighted by molar-refractivity contribution is -0.129. The van der Waals surface area contributed by atoms with Gasteiger partial charge in [0.15, 0.2) is 0 Å². The van der Waals surface area contributed by atoms with Gasteiger partial charge in [0.05, 0.1) is 41.0 Å². The number of hydrogen-bond acceptors (Lipinski definition) is 6. The Morgan fingerprint density at radius 2 is 1.88 bits per heavy atom. The summed E-state index contributed by atoms with van der Waals surface area (Å²) in [6.45, 7) is 8.10. The third-order valence-corrected chi connectivity index (χ3v) is 9.85. The van der Waals surface area contributed by atoms with Gasteiger partial charge in [0.1, 0.15) is 41.2 Å². The second-order valence-corrected chi connectivity index (χ2v) is 12.8. The minimum Gasteiger partial charge on any atom is -0.490 e. The number of fused-ring (bicyclic) bond motifs is 3. The first kappa shape index (κ1) is 31.6. The molecule has 1 aliphatic rings. The molecule has 7 rings (SSSR count). The number of rotatable bonds is 8. The summed E-state index contributed by atoms with van der Waals surface area (Å²) in [5.74, 6) is -2.52. The third-order valence-electron chi connectivity index (χ3n) is 8.88. The predicted molar refractivity (Wildman–Crippen MR) is 180 cm³/mol. The highest BCUT2D eigenvalue weighted by Gasteiger charge is 2.34. The average molecular weight is 672 g/mol. The molecule has 0 bridgehead atoms. The molecule has 2 aromatic carbocycles. The van der Waals surface area contributed by atoms with Gasteiger partial charge in [0.2, 0.25) is 5.91 Å². The van der Waals surface area contributed by atoms with E-state index in [1.54, 1.807) is 4.90 Å². The van der Waals surface area contributed by atoms with Crippen LogP contribution in [0.4, 0.5) is 13.2 Å². The lowest BCUT2D eigenvalue weighted by Gasteiger charge is -2.36. The number of thiophene rings is 1. The molecule has 1 amide bonds. The maximum Gasteiger partial charge on any atom is 0.246 e. The van der Waals surface area contributed by atoms with Crippen LogP contribution < -0.4 is 4.74 Å². The second-order valence-electron chi connectivity index (χ2n) is 11.9. The maximum absolute atomic E-state index is 16.1. The molecule has 0 saturated heterocycles. The largest absolute Gasteiger partial charge is 0.490 e. The number of amides is 1. The van der Waals surface area contributed by atoms with Gasteiger partial charge in [-0.1, -0.05) is 12.6 Å². The highest BCUT2D eigenvalue weighted by Crippen LogP contribution is 2.48. The van der Waals surface area contributed by atoms with Crippen molar-refractivity contribution < 1.29 is 27.4 Å². The number of benzene rings is 2. The Bertz CT molecular complexity index is 2240. The van der Waals surface area contributed by atoms with E-state index in [0.717, 1.165) is 40.1 Å². The van der Waals surface area contributed by atoms with Crippen molar-refractivity contribution in [2.75, 3.05) is 26.9 Å². The quantitative estimate of drug-likeness (QED) is 0.121. The van der Waals surface area contributed by atoms with Crippen LogP contribution in [0, 0.1) is 17.5 Å². The summed E-state index contributed by atoms with van der Waals surface area (Å²) in [6.07, 6.45) is 3.23. The van der Waals surface area contributed by atoms with E-state index in [0.29, 0.717) is 28.2 Å². The van der Waals surface area contributed by atoms with Crippen molar-refractivity contribution in [2.24, 2.45) is 7.05 Å². The highest BCUT2D eigenvalue weighted by molar-refractivity contribution is 7.18. The van der Waals surface area contributed by atoms with Gasteiger partial charge in [-0.25, -0.2) is 18.2 Å². The van der Waals surface area contributed by atoms with E-state index < -0.39 is 17.5 Å². The van der Waals surface area contributed by atoms with Crippen molar-refractivity contribution >= 4 is 38.2 Å². The summed E-state index contributed by atoms with van der Waals surface area (Å²) in [4.78, 5) is 19.5. The molecule has 5 heterocycles. The Balaban J connectivity index is 1.54. The fourth-order valence-corrected chi connectivity index (χ4v) is 7.50. The van der Waals surface area contributed by atoms with Gasteiger partial charge in [-0.3, -0.25) is 9.48 Å². The van der Waals surface area contributed by atoms with Gasteiger partial charge < -0.3 is 18.9 Å². The van der Waals surface area contributed by atoms with Crippen molar-refractivity contribution in [3.8, 4) is 39.5 Å². The second kappa shape index (κ2) is 12.3. The van der Waals surface area contributed by atoms with E-state index in [1.807, 2.05) is 66.7 Å². The fraction of sp³-hybridized carbons (Fsp3) is 0.250. The standard InChI is InChI=1S/C36H32F3N5O3S/c1-6-30(45)43-17-19(2)44-28(20(43)3)16-26(41-44)35-33(31-24(38)14-23(37)15-29(31)47-12-11-46-5)36-32(25(39)18-48-36)34(40-35)22-7-8-27-21(13-22)9-10-42(27)4/h6-10,13-16,18-20H,1,11-12,17H2,2-5H3/t19-,20+/m0/s1. The fourth-order valence-electron chi connectivity index (χ4n) is 6.54. The van der Waals surface area contributed by atoms with E-state index in [9.17, 15) is 9.18 Å². The zero-order chi connectivity index (χ0) is 33.9. The Hall–Kier alpha value is -4.94.